The van der Waals surface area contributed by atoms with Crippen molar-refractivity contribution in [3.05, 3.63) is 88.2 Å². The number of carboxylic acids is 1. The number of furan rings is 1. The third-order valence-electron chi connectivity index (χ3n) is 7.73. The van der Waals surface area contributed by atoms with E-state index in [1.54, 1.807) is 49.8 Å². The molecule has 9 nitrogen and oxygen atoms in total. The molecule has 0 saturated heterocycles. The maximum atomic E-state index is 13.2. The molecule has 5 aromatic rings. The summed E-state index contributed by atoms with van der Waals surface area (Å²) in [4.78, 5) is 41.9. The molecular weight excluding hydrogens is 510 g/mol. The molecule has 9 heteroatoms. The maximum absolute atomic E-state index is 13.2. The van der Waals surface area contributed by atoms with Crippen LogP contribution in [0.3, 0.4) is 0 Å². The lowest BCUT2D eigenvalue weighted by Crippen LogP contribution is -2.42. The number of rotatable bonds is 7. The number of fused-ring (bicyclic) bond motifs is 2. The van der Waals surface area contributed by atoms with E-state index >= 15 is 0 Å². The Kier molecular flexibility index (Phi) is 6.71. The molecule has 40 heavy (non-hydrogen) atoms. The van der Waals surface area contributed by atoms with Gasteiger partial charge in [0.15, 0.2) is 0 Å². The molecular formula is C31H29N3O6. The van der Waals surface area contributed by atoms with E-state index in [9.17, 15) is 19.5 Å². The van der Waals surface area contributed by atoms with Crippen LogP contribution in [0.1, 0.15) is 59.6 Å². The molecule has 2 aromatic carbocycles. The smallest absolute Gasteiger partial charge is 0.336 e. The summed E-state index contributed by atoms with van der Waals surface area (Å²) >= 11 is 0. The van der Waals surface area contributed by atoms with Crippen LogP contribution in [0.2, 0.25) is 0 Å². The predicted octanol–water partition coefficient (Wildman–Crippen LogP) is 5.64. The number of nitrogens with zero attached hydrogens (tertiary/aromatic N) is 2. The van der Waals surface area contributed by atoms with Gasteiger partial charge in [-0.15, -0.1) is 0 Å². The molecule has 0 spiro atoms. The van der Waals surface area contributed by atoms with Gasteiger partial charge in [0, 0.05) is 29.5 Å². The molecule has 2 N–H and O–H groups in total. The summed E-state index contributed by atoms with van der Waals surface area (Å²) in [6, 6.07) is 12.9. The standard InChI is InChI=1S/C31H29N3O6/c1-18-13-28(35)40-27-10-7-19(14-23(18)27)15-25(31(37)38)33-30(36)20-8-9-26-24(16-20)32-29(21-11-12-39-17-21)34(26)22-5-3-2-4-6-22/h7-14,16-17,22,25H,2-6,15H2,1H3,(H,33,36)(H,37,38)/t25-/m0/s1. The molecule has 204 valence electrons. The highest BCUT2D eigenvalue weighted by molar-refractivity contribution is 5.99. The second kappa shape index (κ2) is 10.5. The quantitative estimate of drug-likeness (QED) is 0.256. The van der Waals surface area contributed by atoms with Gasteiger partial charge >= 0.3 is 11.6 Å². The number of aromatic nitrogens is 2. The van der Waals surface area contributed by atoms with Gasteiger partial charge in [-0.2, -0.15) is 0 Å². The van der Waals surface area contributed by atoms with Gasteiger partial charge in [-0.3, -0.25) is 4.79 Å². The van der Waals surface area contributed by atoms with E-state index < -0.39 is 23.5 Å². The van der Waals surface area contributed by atoms with Crippen molar-refractivity contribution in [3.8, 4) is 11.4 Å². The van der Waals surface area contributed by atoms with Crippen molar-refractivity contribution in [2.75, 3.05) is 0 Å². The first kappa shape index (κ1) is 25.6. The lowest BCUT2D eigenvalue weighted by molar-refractivity contribution is -0.139. The first-order valence-electron chi connectivity index (χ1n) is 13.5. The zero-order chi connectivity index (χ0) is 27.8. The third-order valence-corrected chi connectivity index (χ3v) is 7.73. The van der Waals surface area contributed by atoms with E-state index in [-0.39, 0.29) is 6.42 Å². The van der Waals surface area contributed by atoms with Crippen LogP contribution in [-0.2, 0) is 11.2 Å². The van der Waals surface area contributed by atoms with E-state index in [0.717, 1.165) is 53.5 Å². The highest BCUT2D eigenvalue weighted by Crippen LogP contribution is 2.36. The number of hydrogen-bond donors (Lipinski definition) is 2. The molecule has 3 aromatic heterocycles. The highest BCUT2D eigenvalue weighted by atomic mass is 16.4. The number of nitrogens with one attached hydrogen (secondary N) is 1. The van der Waals surface area contributed by atoms with Crippen molar-refractivity contribution in [1.29, 1.82) is 0 Å². The molecule has 6 rings (SSSR count). The van der Waals surface area contributed by atoms with Crippen LogP contribution in [0.15, 0.2) is 74.7 Å². The SMILES string of the molecule is Cc1cc(=O)oc2ccc(C[C@H](NC(=O)c3ccc4c(c3)nc(-c3ccoc3)n4C3CCCCC3)C(=O)O)cc12. The van der Waals surface area contributed by atoms with Gasteiger partial charge in [-0.05, 0) is 67.3 Å². The van der Waals surface area contributed by atoms with Crippen molar-refractivity contribution < 1.29 is 23.5 Å². The minimum atomic E-state index is -1.15. The normalized spacial score (nSPS) is 14.9. The molecule has 1 saturated carbocycles. The first-order chi connectivity index (χ1) is 19.4. The lowest BCUT2D eigenvalue weighted by Gasteiger charge is -2.25. The first-order valence-corrected chi connectivity index (χ1v) is 13.5. The van der Waals surface area contributed by atoms with Crippen LogP contribution < -0.4 is 10.9 Å². The summed E-state index contributed by atoms with van der Waals surface area (Å²) < 4.78 is 12.8. The van der Waals surface area contributed by atoms with Gasteiger partial charge < -0.3 is 23.8 Å². The number of carbonyl (C=O) groups excluding carboxylic acids is 1. The van der Waals surface area contributed by atoms with E-state index in [1.807, 2.05) is 12.1 Å². The Balaban J connectivity index is 1.28. The summed E-state index contributed by atoms with van der Waals surface area (Å²) in [5, 5.41) is 13.3. The average molecular weight is 540 g/mol. The van der Waals surface area contributed by atoms with Crippen molar-refractivity contribution >= 4 is 33.9 Å². The number of carboxylic acid groups (broad SMARTS) is 1. The zero-order valence-electron chi connectivity index (χ0n) is 22.1. The molecule has 0 aliphatic heterocycles. The van der Waals surface area contributed by atoms with Gasteiger partial charge in [-0.1, -0.05) is 25.3 Å². The number of aryl methyl sites for hydroxylation is 1. The van der Waals surface area contributed by atoms with Crippen molar-refractivity contribution in [2.45, 2.75) is 57.5 Å². The van der Waals surface area contributed by atoms with Gasteiger partial charge in [-0.25, -0.2) is 14.6 Å². The Morgan fingerprint density at radius 3 is 2.67 bits per heavy atom. The number of benzene rings is 2. The van der Waals surface area contributed by atoms with Gasteiger partial charge in [0.25, 0.3) is 5.91 Å². The van der Waals surface area contributed by atoms with Crippen LogP contribution in [0.4, 0.5) is 0 Å². The maximum Gasteiger partial charge on any atom is 0.336 e. The van der Waals surface area contributed by atoms with Crippen LogP contribution in [0.25, 0.3) is 33.4 Å². The summed E-state index contributed by atoms with van der Waals surface area (Å²) in [5.74, 6) is -0.831. The van der Waals surface area contributed by atoms with E-state index in [2.05, 4.69) is 9.88 Å². The minimum Gasteiger partial charge on any atom is -0.480 e. The van der Waals surface area contributed by atoms with E-state index in [0.29, 0.717) is 28.3 Å². The van der Waals surface area contributed by atoms with Gasteiger partial charge in [0.1, 0.15) is 23.7 Å². The number of carbonyl (C=O) groups is 2. The Bertz CT molecular complexity index is 1780. The van der Waals surface area contributed by atoms with E-state index in [1.165, 1.54) is 12.5 Å². The van der Waals surface area contributed by atoms with E-state index in [4.69, 9.17) is 13.8 Å². The fraction of sp³-hybridized carbons (Fsp3) is 0.290. The summed E-state index contributed by atoms with van der Waals surface area (Å²) in [5.41, 5.74) is 4.25. The molecule has 0 unspecified atom stereocenters. The topological polar surface area (TPSA) is 128 Å². The lowest BCUT2D eigenvalue weighted by atomic mass is 9.95. The molecule has 0 bridgehead atoms. The summed E-state index contributed by atoms with van der Waals surface area (Å²) in [7, 11) is 0. The Morgan fingerprint density at radius 2 is 1.93 bits per heavy atom. The van der Waals surface area contributed by atoms with Crippen LogP contribution >= 0.6 is 0 Å². The van der Waals surface area contributed by atoms with Crippen LogP contribution in [0, 0.1) is 6.92 Å². The second-order valence-corrected chi connectivity index (χ2v) is 10.5. The summed E-state index contributed by atoms with van der Waals surface area (Å²) in [6.07, 6.45) is 9.06. The zero-order valence-corrected chi connectivity index (χ0v) is 22.1. The van der Waals surface area contributed by atoms with Gasteiger partial charge in [0.2, 0.25) is 0 Å². The molecule has 1 amide bonds. The van der Waals surface area contributed by atoms with Crippen molar-refractivity contribution in [2.24, 2.45) is 0 Å². The number of aliphatic carboxylic acids is 1. The fourth-order valence-corrected chi connectivity index (χ4v) is 5.72. The number of imidazole rings is 1. The monoisotopic (exact) mass is 539 g/mol. The molecule has 3 heterocycles. The molecule has 0 radical (unpaired) electrons. The third kappa shape index (κ3) is 4.90. The average Bonchev–Trinajstić information content (AvgIpc) is 3.61. The number of amides is 1. The fourth-order valence-electron chi connectivity index (χ4n) is 5.72. The Labute approximate surface area is 229 Å². The Morgan fingerprint density at radius 1 is 1.10 bits per heavy atom. The van der Waals surface area contributed by atoms with Crippen molar-refractivity contribution in [3.63, 3.8) is 0 Å². The molecule has 1 aliphatic rings. The van der Waals surface area contributed by atoms with Crippen LogP contribution in [0.5, 0.6) is 0 Å². The number of hydrogen-bond acceptors (Lipinski definition) is 6. The van der Waals surface area contributed by atoms with Gasteiger partial charge in [0.05, 0.1) is 22.9 Å². The highest BCUT2D eigenvalue weighted by Gasteiger charge is 2.25. The second-order valence-electron chi connectivity index (χ2n) is 10.5. The predicted molar refractivity (Wildman–Crippen MR) is 149 cm³/mol. The Hall–Kier alpha value is -4.66. The molecule has 1 atom stereocenters. The molecule has 1 aliphatic carbocycles. The largest absolute Gasteiger partial charge is 0.480 e. The van der Waals surface area contributed by atoms with Crippen molar-refractivity contribution in [1.82, 2.24) is 14.9 Å². The van der Waals surface area contributed by atoms with Crippen LogP contribution in [-0.4, -0.2) is 32.6 Å². The minimum absolute atomic E-state index is 0.0682. The summed E-state index contributed by atoms with van der Waals surface area (Å²) in [6.45, 7) is 1.79. The molecule has 1 fully saturated rings.